The second-order valence-electron chi connectivity index (χ2n) is 5.11. The second kappa shape index (κ2) is 6.66. The summed E-state index contributed by atoms with van der Waals surface area (Å²) in [6, 6.07) is 8.95. The van der Waals surface area contributed by atoms with Crippen LogP contribution in [0, 0.1) is 5.82 Å². The summed E-state index contributed by atoms with van der Waals surface area (Å²) in [5.41, 5.74) is 3.48. The number of rotatable bonds is 6. The quantitative estimate of drug-likeness (QED) is 0.878. The Morgan fingerprint density at radius 3 is 2.55 bits per heavy atom. The van der Waals surface area contributed by atoms with E-state index < -0.39 is 0 Å². The number of halogens is 1. The number of aryl methyl sites for hydroxylation is 2. The van der Waals surface area contributed by atoms with Gasteiger partial charge in [-0.3, -0.25) is 4.68 Å². The molecule has 4 heteroatoms. The zero-order valence-corrected chi connectivity index (χ0v) is 12.4. The molecule has 1 aromatic carbocycles. The third-order valence-electron chi connectivity index (χ3n) is 3.64. The molecule has 1 unspecified atom stereocenters. The summed E-state index contributed by atoms with van der Waals surface area (Å²) in [5, 5.41) is 7.70. The molecule has 0 amide bonds. The molecule has 0 radical (unpaired) electrons. The summed E-state index contributed by atoms with van der Waals surface area (Å²) < 4.78 is 15.0. The third kappa shape index (κ3) is 3.45. The molecule has 1 atom stereocenters. The van der Waals surface area contributed by atoms with Crippen LogP contribution in [0.2, 0.25) is 0 Å². The Hall–Kier alpha value is -1.68. The molecule has 1 N–H and O–H groups in total. The lowest BCUT2D eigenvalue weighted by molar-refractivity contribution is 0.586. The molecule has 0 aliphatic heterocycles. The number of hydrogen-bond donors (Lipinski definition) is 1. The Bertz CT molecular complexity index is 545. The largest absolute Gasteiger partial charge is 0.319 e. The number of benzene rings is 1. The van der Waals surface area contributed by atoms with Crippen LogP contribution in [-0.2, 0) is 19.9 Å². The molecule has 0 aliphatic carbocycles. The van der Waals surface area contributed by atoms with E-state index in [-0.39, 0.29) is 5.82 Å². The van der Waals surface area contributed by atoms with Gasteiger partial charge in [-0.15, -0.1) is 0 Å². The van der Waals surface area contributed by atoms with Gasteiger partial charge in [0, 0.05) is 25.2 Å². The van der Waals surface area contributed by atoms with Crippen LogP contribution < -0.4 is 5.32 Å². The predicted molar refractivity (Wildman–Crippen MR) is 79.4 cm³/mol. The molecule has 0 saturated heterocycles. The molecule has 1 heterocycles. The van der Waals surface area contributed by atoms with Crippen molar-refractivity contribution in [2.45, 2.75) is 25.7 Å². The molecular formula is C16H22FN3. The molecule has 2 aromatic rings. The number of likely N-dealkylation sites (N-methyl/N-ethyl adjacent to an activating group) is 1. The highest BCUT2D eigenvalue weighted by Crippen LogP contribution is 2.21. The Morgan fingerprint density at radius 2 is 2.00 bits per heavy atom. The van der Waals surface area contributed by atoms with E-state index in [0.29, 0.717) is 5.92 Å². The highest BCUT2D eigenvalue weighted by Gasteiger charge is 2.15. The first-order valence-corrected chi connectivity index (χ1v) is 7.06. The highest BCUT2D eigenvalue weighted by atomic mass is 19.1. The first kappa shape index (κ1) is 14.7. The van der Waals surface area contributed by atoms with Crippen molar-refractivity contribution in [3.8, 4) is 0 Å². The topological polar surface area (TPSA) is 29.9 Å². The molecular weight excluding hydrogens is 253 g/mol. The zero-order chi connectivity index (χ0) is 14.5. The number of aromatic nitrogens is 2. The Labute approximate surface area is 119 Å². The van der Waals surface area contributed by atoms with Crippen molar-refractivity contribution in [1.29, 1.82) is 0 Å². The first-order chi connectivity index (χ1) is 9.63. The molecule has 1 aromatic heterocycles. The van der Waals surface area contributed by atoms with E-state index in [1.807, 2.05) is 30.9 Å². The summed E-state index contributed by atoms with van der Waals surface area (Å²) in [6.07, 6.45) is 1.84. The maximum Gasteiger partial charge on any atom is 0.123 e. The van der Waals surface area contributed by atoms with Gasteiger partial charge in [0.25, 0.3) is 0 Å². The molecule has 3 nitrogen and oxygen atoms in total. The molecule has 0 saturated carbocycles. The van der Waals surface area contributed by atoms with Gasteiger partial charge in [0.15, 0.2) is 0 Å². The van der Waals surface area contributed by atoms with Crippen molar-refractivity contribution in [2.24, 2.45) is 7.05 Å². The van der Waals surface area contributed by atoms with Gasteiger partial charge in [0.2, 0.25) is 0 Å². The van der Waals surface area contributed by atoms with Crippen molar-refractivity contribution < 1.29 is 4.39 Å². The van der Waals surface area contributed by atoms with E-state index in [2.05, 4.69) is 23.4 Å². The Morgan fingerprint density at radius 1 is 1.30 bits per heavy atom. The van der Waals surface area contributed by atoms with Gasteiger partial charge >= 0.3 is 0 Å². The molecule has 0 spiro atoms. The summed E-state index contributed by atoms with van der Waals surface area (Å²) >= 11 is 0. The summed E-state index contributed by atoms with van der Waals surface area (Å²) in [5.74, 6) is 0.131. The molecule has 108 valence electrons. The van der Waals surface area contributed by atoms with Crippen LogP contribution in [0.5, 0.6) is 0 Å². The van der Waals surface area contributed by atoms with Crippen LogP contribution in [0.15, 0.2) is 30.3 Å². The van der Waals surface area contributed by atoms with Crippen molar-refractivity contribution in [3.05, 3.63) is 53.1 Å². The summed E-state index contributed by atoms with van der Waals surface area (Å²) in [4.78, 5) is 0. The lowest BCUT2D eigenvalue weighted by atomic mass is 9.94. The van der Waals surface area contributed by atoms with Crippen LogP contribution in [-0.4, -0.2) is 23.4 Å². The molecule has 2 rings (SSSR count). The number of hydrogen-bond acceptors (Lipinski definition) is 2. The van der Waals surface area contributed by atoms with Gasteiger partial charge in [-0.05, 0) is 43.7 Å². The number of nitrogens with one attached hydrogen (secondary N) is 1. The minimum atomic E-state index is -0.189. The summed E-state index contributed by atoms with van der Waals surface area (Å²) in [7, 11) is 3.92. The predicted octanol–water partition coefficient (Wildman–Crippen LogP) is 2.67. The summed E-state index contributed by atoms with van der Waals surface area (Å²) in [6.45, 7) is 2.97. The van der Waals surface area contributed by atoms with Crippen LogP contribution in [0.3, 0.4) is 0 Å². The van der Waals surface area contributed by atoms with E-state index in [1.54, 1.807) is 0 Å². The van der Waals surface area contributed by atoms with E-state index in [0.717, 1.165) is 30.6 Å². The van der Waals surface area contributed by atoms with Gasteiger partial charge in [-0.25, -0.2) is 4.39 Å². The molecule has 20 heavy (non-hydrogen) atoms. The van der Waals surface area contributed by atoms with Crippen molar-refractivity contribution >= 4 is 0 Å². The minimum absolute atomic E-state index is 0.189. The standard InChI is InChI=1S/C16H22FN3/c1-4-15-10-16(20(3)19-15)9-13(11-18-2)12-5-7-14(17)8-6-12/h5-8,10,13,18H,4,9,11H2,1-3H3. The van der Waals surface area contributed by atoms with E-state index in [9.17, 15) is 4.39 Å². The van der Waals surface area contributed by atoms with E-state index in [4.69, 9.17) is 0 Å². The third-order valence-corrected chi connectivity index (χ3v) is 3.64. The fourth-order valence-corrected chi connectivity index (χ4v) is 2.48. The van der Waals surface area contributed by atoms with E-state index >= 15 is 0 Å². The van der Waals surface area contributed by atoms with Crippen molar-refractivity contribution in [2.75, 3.05) is 13.6 Å². The van der Waals surface area contributed by atoms with Gasteiger partial charge < -0.3 is 5.32 Å². The second-order valence-corrected chi connectivity index (χ2v) is 5.11. The lowest BCUT2D eigenvalue weighted by Gasteiger charge is -2.17. The smallest absolute Gasteiger partial charge is 0.123 e. The molecule has 0 bridgehead atoms. The fraction of sp³-hybridized carbons (Fsp3) is 0.438. The Kier molecular flexibility index (Phi) is 4.90. The monoisotopic (exact) mass is 275 g/mol. The lowest BCUT2D eigenvalue weighted by Crippen LogP contribution is -2.20. The maximum atomic E-state index is 13.0. The van der Waals surface area contributed by atoms with Gasteiger partial charge in [0.05, 0.1) is 5.69 Å². The van der Waals surface area contributed by atoms with E-state index in [1.165, 1.54) is 17.8 Å². The number of nitrogens with zero attached hydrogens (tertiary/aromatic N) is 2. The van der Waals surface area contributed by atoms with Crippen molar-refractivity contribution in [1.82, 2.24) is 15.1 Å². The van der Waals surface area contributed by atoms with Crippen LogP contribution in [0.1, 0.15) is 29.8 Å². The Balaban J connectivity index is 2.20. The van der Waals surface area contributed by atoms with Crippen LogP contribution >= 0.6 is 0 Å². The fourth-order valence-electron chi connectivity index (χ4n) is 2.48. The van der Waals surface area contributed by atoms with Crippen molar-refractivity contribution in [3.63, 3.8) is 0 Å². The highest BCUT2D eigenvalue weighted by molar-refractivity contribution is 5.23. The molecule has 0 aliphatic rings. The SMILES string of the molecule is CCc1cc(CC(CNC)c2ccc(F)cc2)n(C)n1. The average molecular weight is 275 g/mol. The van der Waals surface area contributed by atoms with Crippen LogP contribution in [0.25, 0.3) is 0 Å². The average Bonchev–Trinajstić information content (AvgIpc) is 2.80. The minimum Gasteiger partial charge on any atom is -0.319 e. The normalized spacial score (nSPS) is 12.6. The molecule has 0 fully saturated rings. The van der Waals surface area contributed by atoms with Gasteiger partial charge in [-0.1, -0.05) is 19.1 Å². The first-order valence-electron chi connectivity index (χ1n) is 7.06. The van der Waals surface area contributed by atoms with Gasteiger partial charge in [-0.2, -0.15) is 5.10 Å². The van der Waals surface area contributed by atoms with Gasteiger partial charge in [0.1, 0.15) is 5.82 Å². The van der Waals surface area contributed by atoms with Crippen LogP contribution in [0.4, 0.5) is 4.39 Å². The zero-order valence-electron chi connectivity index (χ0n) is 12.4. The maximum absolute atomic E-state index is 13.0.